The quantitative estimate of drug-likeness (QED) is 0.611. The van der Waals surface area contributed by atoms with Gasteiger partial charge in [-0.1, -0.05) is 23.8 Å². The number of pyridine rings is 1. The van der Waals surface area contributed by atoms with Crippen LogP contribution < -0.4 is 5.32 Å². The largest absolute Gasteiger partial charge is 0.319 e. The maximum atomic E-state index is 5.82. The third-order valence-electron chi connectivity index (χ3n) is 1.91. The van der Waals surface area contributed by atoms with Gasteiger partial charge in [-0.05, 0) is 44.1 Å². The molecule has 1 aromatic heterocycles. The van der Waals surface area contributed by atoms with Crippen molar-refractivity contribution in [2.45, 2.75) is 13.3 Å². The molecule has 0 fully saturated rings. The molecule has 0 atom stereocenters. The van der Waals surface area contributed by atoms with Gasteiger partial charge in [0.05, 0.1) is 0 Å². The summed E-state index contributed by atoms with van der Waals surface area (Å²) in [5.41, 5.74) is 2.12. The van der Waals surface area contributed by atoms with Gasteiger partial charge in [-0.25, -0.2) is 4.98 Å². The first-order chi connectivity index (χ1) is 6.74. The molecule has 1 rings (SSSR count). The molecule has 0 bridgehead atoms. The highest BCUT2D eigenvalue weighted by atomic mass is 35.5. The smallest absolute Gasteiger partial charge is 0.131 e. The Hall–Kier alpha value is -0.860. The maximum absolute atomic E-state index is 5.82. The molecule has 0 saturated heterocycles. The first-order valence-corrected chi connectivity index (χ1v) is 5.05. The van der Waals surface area contributed by atoms with E-state index in [4.69, 9.17) is 11.6 Å². The average molecular weight is 211 g/mol. The van der Waals surface area contributed by atoms with Gasteiger partial charge in [-0.2, -0.15) is 0 Å². The lowest BCUT2D eigenvalue weighted by molar-refractivity contribution is 0.809. The molecule has 0 aliphatic heterocycles. The monoisotopic (exact) mass is 210 g/mol. The number of hydrogen-bond acceptors (Lipinski definition) is 2. The van der Waals surface area contributed by atoms with Crippen molar-refractivity contribution >= 4 is 17.7 Å². The minimum absolute atomic E-state index is 0.581. The van der Waals surface area contributed by atoms with Gasteiger partial charge < -0.3 is 5.32 Å². The number of aryl methyl sites for hydroxylation is 1. The summed E-state index contributed by atoms with van der Waals surface area (Å²) in [4.78, 5) is 4.08. The van der Waals surface area contributed by atoms with Gasteiger partial charge in [0.1, 0.15) is 5.15 Å². The molecule has 14 heavy (non-hydrogen) atoms. The second-order valence-electron chi connectivity index (χ2n) is 3.17. The molecule has 0 radical (unpaired) electrons. The Morgan fingerprint density at radius 1 is 1.57 bits per heavy atom. The normalized spacial score (nSPS) is 11.1. The van der Waals surface area contributed by atoms with Crippen molar-refractivity contribution in [3.63, 3.8) is 0 Å². The minimum atomic E-state index is 0.581. The molecule has 1 heterocycles. The zero-order chi connectivity index (χ0) is 10.4. The van der Waals surface area contributed by atoms with E-state index in [-0.39, 0.29) is 0 Å². The van der Waals surface area contributed by atoms with E-state index in [2.05, 4.69) is 22.5 Å². The Morgan fingerprint density at radius 3 is 3.00 bits per heavy atom. The number of nitrogens with zero attached hydrogens (tertiary/aromatic N) is 1. The molecule has 0 aromatic carbocycles. The molecule has 1 N–H and O–H groups in total. The van der Waals surface area contributed by atoms with Crippen molar-refractivity contribution in [2.75, 3.05) is 13.6 Å². The fourth-order valence-electron chi connectivity index (χ4n) is 1.12. The van der Waals surface area contributed by atoms with Crippen LogP contribution in [0.2, 0.25) is 5.15 Å². The Kier molecular flexibility index (Phi) is 4.63. The van der Waals surface area contributed by atoms with E-state index in [0.29, 0.717) is 5.15 Å². The maximum Gasteiger partial charge on any atom is 0.131 e. The number of halogens is 1. The Morgan fingerprint density at radius 2 is 2.36 bits per heavy atom. The number of aromatic nitrogens is 1. The fraction of sp³-hybridized carbons (Fsp3) is 0.364. The van der Waals surface area contributed by atoms with Crippen LogP contribution in [0.1, 0.15) is 17.5 Å². The predicted molar refractivity (Wildman–Crippen MR) is 61.6 cm³/mol. The first-order valence-electron chi connectivity index (χ1n) is 4.67. The van der Waals surface area contributed by atoms with Crippen molar-refractivity contribution in [3.05, 3.63) is 34.6 Å². The zero-order valence-electron chi connectivity index (χ0n) is 8.55. The van der Waals surface area contributed by atoms with Gasteiger partial charge in [-0.15, -0.1) is 0 Å². The van der Waals surface area contributed by atoms with E-state index >= 15 is 0 Å². The molecule has 0 unspecified atom stereocenters. The van der Waals surface area contributed by atoms with E-state index in [1.54, 1.807) is 6.20 Å². The lowest BCUT2D eigenvalue weighted by atomic mass is 10.2. The summed E-state index contributed by atoms with van der Waals surface area (Å²) >= 11 is 5.82. The molecule has 3 heteroatoms. The summed E-state index contributed by atoms with van der Waals surface area (Å²) in [6.45, 7) is 2.96. The third kappa shape index (κ3) is 3.48. The van der Waals surface area contributed by atoms with Crippen LogP contribution in [0.3, 0.4) is 0 Å². The van der Waals surface area contributed by atoms with Crippen molar-refractivity contribution < 1.29 is 0 Å². The molecule has 0 aliphatic carbocycles. The summed E-state index contributed by atoms with van der Waals surface area (Å²) in [6, 6.07) is 2.03. The Balaban J connectivity index is 2.59. The van der Waals surface area contributed by atoms with E-state index < -0.39 is 0 Å². The van der Waals surface area contributed by atoms with E-state index in [1.807, 2.05) is 20.0 Å². The lowest BCUT2D eigenvalue weighted by Gasteiger charge is -1.98. The lowest BCUT2D eigenvalue weighted by Crippen LogP contribution is -2.05. The average Bonchev–Trinajstić information content (AvgIpc) is 2.18. The van der Waals surface area contributed by atoms with Crippen molar-refractivity contribution in [3.8, 4) is 0 Å². The van der Waals surface area contributed by atoms with Crippen LogP contribution >= 0.6 is 11.6 Å². The second-order valence-corrected chi connectivity index (χ2v) is 3.53. The molecule has 0 saturated carbocycles. The summed E-state index contributed by atoms with van der Waals surface area (Å²) in [7, 11) is 1.95. The van der Waals surface area contributed by atoms with E-state index in [9.17, 15) is 0 Å². The summed E-state index contributed by atoms with van der Waals surface area (Å²) < 4.78 is 0. The predicted octanol–water partition coefficient (Wildman–Crippen LogP) is 2.67. The van der Waals surface area contributed by atoms with Crippen LogP contribution in [-0.4, -0.2) is 18.6 Å². The van der Waals surface area contributed by atoms with Gasteiger partial charge in [-0.3, -0.25) is 0 Å². The van der Waals surface area contributed by atoms with Crippen LogP contribution in [0.5, 0.6) is 0 Å². The standard InChI is InChI=1S/C11H15ClN2/c1-9-7-10(8-14-11(9)12)5-3-4-6-13-2/h3,5,7-8,13H,4,6H2,1-2H3. The highest BCUT2D eigenvalue weighted by molar-refractivity contribution is 6.30. The van der Waals surface area contributed by atoms with Crippen molar-refractivity contribution in [1.82, 2.24) is 10.3 Å². The molecule has 76 valence electrons. The summed E-state index contributed by atoms with van der Waals surface area (Å²) in [6.07, 6.45) is 7.00. The highest BCUT2D eigenvalue weighted by Crippen LogP contribution is 2.13. The topological polar surface area (TPSA) is 24.9 Å². The molecule has 0 spiro atoms. The van der Waals surface area contributed by atoms with Gasteiger partial charge in [0.15, 0.2) is 0 Å². The van der Waals surface area contributed by atoms with Crippen molar-refractivity contribution in [2.24, 2.45) is 0 Å². The molecule has 0 amide bonds. The number of nitrogens with one attached hydrogen (secondary N) is 1. The Labute approximate surface area is 90.0 Å². The summed E-state index contributed by atoms with van der Waals surface area (Å²) in [5.74, 6) is 0. The van der Waals surface area contributed by atoms with Crippen LogP contribution in [0.25, 0.3) is 6.08 Å². The fourth-order valence-corrected chi connectivity index (χ4v) is 1.22. The molecule has 1 aromatic rings. The molecular weight excluding hydrogens is 196 g/mol. The van der Waals surface area contributed by atoms with Crippen LogP contribution in [0.15, 0.2) is 18.3 Å². The van der Waals surface area contributed by atoms with E-state index in [1.165, 1.54) is 0 Å². The number of rotatable bonds is 4. The minimum Gasteiger partial charge on any atom is -0.319 e. The van der Waals surface area contributed by atoms with Gasteiger partial charge in [0, 0.05) is 6.20 Å². The van der Waals surface area contributed by atoms with Gasteiger partial charge in [0.2, 0.25) is 0 Å². The Bertz CT molecular complexity index is 321. The molecule has 2 nitrogen and oxygen atoms in total. The summed E-state index contributed by atoms with van der Waals surface area (Å²) in [5, 5.41) is 3.67. The third-order valence-corrected chi connectivity index (χ3v) is 2.30. The van der Waals surface area contributed by atoms with E-state index in [0.717, 1.165) is 24.1 Å². The van der Waals surface area contributed by atoms with Gasteiger partial charge in [0.25, 0.3) is 0 Å². The second kappa shape index (κ2) is 5.78. The first kappa shape index (κ1) is 11.2. The molecule has 0 aliphatic rings. The van der Waals surface area contributed by atoms with Crippen LogP contribution in [-0.2, 0) is 0 Å². The van der Waals surface area contributed by atoms with Gasteiger partial charge >= 0.3 is 0 Å². The molecular formula is C11H15ClN2. The number of hydrogen-bond donors (Lipinski definition) is 1. The zero-order valence-corrected chi connectivity index (χ0v) is 9.30. The van der Waals surface area contributed by atoms with Crippen molar-refractivity contribution in [1.29, 1.82) is 0 Å². The SMILES string of the molecule is CNCCC=Cc1cnc(Cl)c(C)c1. The van der Waals surface area contributed by atoms with Crippen LogP contribution in [0.4, 0.5) is 0 Å². The van der Waals surface area contributed by atoms with Crippen LogP contribution in [0, 0.1) is 6.92 Å². The highest BCUT2D eigenvalue weighted by Gasteiger charge is 1.95.